The Hall–Kier alpha value is -3.15. The molecule has 2 aromatic rings. The lowest BCUT2D eigenvalue weighted by Gasteiger charge is -2.15. The number of halogens is 1. The van der Waals surface area contributed by atoms with Crippen LogP contribution in [0.25, 0.3) is 6.08 Å². The van der Waals surface area contributed by atoms with Crippen LogP contribution >= 0.6 is 35.6 Å². The Labute approximate surface area is 190 Å². The third kappa shape index (κ3) is 4.95. The fraction of sp³-hybridized carbons (Fsp3) is 0.105. The Balaban J connectivity index is 1.87. The van der Waals surface area contributed by atoms with E-state index in [9.17, 15) is 24.8 Å². The average molecular weight is 480 g/mol. The van der Waals surface area contributed by atoms with Gasteiger partial charge in [0.05, 0.1) is 16.4 Å². The van der Waals surface area contributed by atoms with Gasteiger partial charge in [-0.3, -0.25) is 25.1 Å². The van der Waals surface area contributed by atoms with E-state index < -0.39 is 28.2 Å². The Morgan fingerprint density at radius 2 is 2.06 bits per heavy atom. The van der Waals surface area contributed by atoms with Gasteiger partial charge >= 0.3 is 5.69 Å². The molecular weight excluding hydrogens is 466 g/mol. The van der Waals surface area contributed by atoms with Crippen molar-refractivity contribution in [3.05, 3.63) is 67.6 Å². The predicted octanol–water partition coefficient (Wildman–Crippen LogP) is 3.90. The number of hydrazine groups is 1. The summed E-state index contributed by atoms with van der Waals surface area (Å²) in [5.74, 6) is -1.86. The smallest absolute Gasteiger partial charge is 0.315 e. The molecule has 0 spiro atoms. The number of benzene rings is 2. The van der Waals surface area contributed by atoms with Crippen molar-refractivity contribution in [2.75, 3.05) is 6.61 Å². The summed E-state index contributed by atoms with van der Waals surface area (Å²) < 4.78 is 5.31. The van der Waals surface area contributed by atoms with Crippen molar-refractivity contribution in [2.45, 2.75) is 6.92 Å². The number of nitrogens with one attached hydrogen (secondary N) is 1. The van der Waals surface area contributed by atoms with E-state index >= 15 is 0 Å². The number of thiocarbonyl (C=S) groups is 1. The zero-order valence-corrected chi connectivity index (χ0v) is 18.2. The van der Waals surface area contributed by atoms with Gasteiger partial charge in [-0.05, 0) is 61.1 Å². The molecule has 2 aromatic carbocycles. The van der Waals surface area contributed by atoms with E-state index in [4.69, 9.17) is 28.6 Å². The summed E-state index contributed by atoms with van der Waals surface area (Å²) in [5.41, 5.74) is 2.38. The number of thioether (sulfide) groups is 1. The number of aromatic hydroxyl groups is 1. The molecule has 0 bridgehead atoms. The lowest BCUT2D eigenvalue weighted by atomic mass is 10.1. The minimum Gasteiger partial charge on any atom is -0.500 e. The van der Waals surface area contributed by atoms with Crippen LogP contribution in [0.3, 0.4) is 0 Å². The highest BCUT2D eigenvalue weighted by atomic mass is 35.5. The molecule has 2 N–H and O–H groups in total. The van der Waals surface area contributed by atoms with Crippen LogP contribution in [0.15, 0.2) is 41.3 Å². The number of amides is 2. The first kappa shape index (κ1) is 22.5. The van der Waals surface area contributed by atoms with Gasteiger partial charge in [-0.15, -0.1) is 0 Å². The molecule has 1 saturated heterocycles. The largest absolute Gasteiger partial charge is 0.500 e. The minimum atomic E-state index is -0.757. The van der Waals surface area contributed by atoms with Crippen LogP contribution in [0.4, 0.5) is 5.69 Å². The van der Waals surface area contributed by atoms with E-state index in [1.165, 1.54) is 36.4 Å². The number of hydrogen-bond acceptors (Lipinski definition) is 8. The van der Waals surface area contributed by atoms with Gasteiger partial charge in [0, 0.05) is 16.7 Å². The first-order valence-electron chi connectivity index (χ1n) is 8.70. The van der Waals surface area contributed by atoms with Crippen molar-refractivity contribution in [3.8, 4) is 11.5 Å². The number of nitro benzene ring substituents is 1. The number of phenolic OH excluding ortho intramolecular Hbond substituents is 1. The van der Waals surface area contributed by atoms with Crippen LogP contribution in [0.5, 0.6) is 11.5 Å². The Bertz CT molecular complexity index is 1120. The number of rotatable bonds is 6. The number of nitrogens with zero attached hydrogens (tertiary/aromatic N) is 2. The van der Waals surface area contributed by atoms with E-state index in [1.807, 2.05) is 0 Å². The van der Waals surface area contributed by atoms with Crippen LogP contribution < -0.4 is 10.2 Å². The molecule has 1 aliphatic rings. The predicted molar refractivity (Wildman–Crippen MR) is 120 cm³/mol. The van der Waals surface area contributed by atoms with Crippen LogP contribution in [-0.4, -0.2) is 37.8 Å². The van der Waals surface area contributed by atoms with Gasteiger partial charge in [0.25, 0.3) is 11.8 Å². The molecule has 31 heavy (non-hydrogen) atoms. The zero-order valence-electron chi connectivity index (χ0n) is 15.8. The van der Waals surface area contributed by atoms with Gasteiger partial charge < -0.3 is 9.84 Å². The van der Waals surface area contributed by atoms with Gasteiger partial charge in [0.2, 0.25) is 5.75 Å². The number of carbonyl (C=O) groups excluding carboxylic acids is 2. The van der Waals surface area contributed by atoms with Crippen molar-refractivity contribution in [3.63, 3.8) is 0 Å². The molecule has 0 aromatic heterocycles. The maximum absolute atomic E-state index is 12.7. The first-order chi connectivity index (χ1) is 14.7. The lowest BCUT2D eigenvalue weighted by molar-refractivity contribution is -0.386. The molecule has 9 nitrogen and oxygen atoms in total. The second-order valence-corrected chi connectivity index (χ2v) is 8.15. The first-order valence-corrected chi connectivity index (χ1v) is 10.3. The summed E-state index contributed by atoms with van der Waals surface area (Å²) in [4.78, 5) is 35.7. The van der Waals surface area contributed by atoms with Gasteiger partial charge in [-0.1, -0.05) is 23.4 Å². The third-order valence-corrected chi connectivity index (χ3v) is 5.54. The topological polar surface area (TPSA) is 122 Å². The molecule has 1 aliphatic heterocycles. The van der Waals surface area contributed by atoms with Gasteiger partial charge in [0.15, 0.2) is 10.1 Å². The summed E-state index contributed by atoms with van der Waals surface area (Å²) in [6.45, 7) is 1.83. The van der Waals surface area contributed by atoms with E-state index in [-0.39, 0.29) is 32.7 Å². The van der Waals surface area contributed by atoms with Crippen molar-refractivity contribution >= 4 is 63.5 Å². The SMILES string of the molecule is CCOc1cc(/C=C2\SC(=S)N(NC(=O)c3ccc(Cl)cc3)C2=O)cc([N+](=O)[O-])c1O. The summed E-state index contributed by atoms with van der Waals surface area (Å²) in [7, 11) is 0. The quantitative estimate of drug-likeness (QED) is 0.277. The van der Waals surface area contributed by atoms with E-state index in [0.29, 0.717) is 5.02 Å². The Morgan fingerprint density at radius 1 is 1.39 bits per heavy atom. The molecule has 160 valence electrons. The molecule has 0 atom stereocenters. The summed E-state index contributed by atoms with van der Waals surface area (Å²) >= 11 is 11.9. The molecule has 0 aliphatic carbocycles. The van der Waals surface area contributed by atoms with Gasteiger partial charge in [-0.2, -0.15) is 5.01 Å². The van der Waals surface area contributed by atoms with Crippen molar-refractivity contribution < 1.29 is 24.4 Å². The maximum atomic E-state index is 12.7. The number of carbonyl (C=O) groups is 2. The summed E-state index contributed by atoms with van der Waals surface area (Å²) in [6, 6.07) is 8.54. The number of phenols is 1. The highest BCUT2D eigenvalue weighted by Gasteiger charge is 2.34. The number of nitro groups is 1. The van der Waals surface area contributed by atoms with Crippen LogP contribution in [0, 0.1) is 10.1 Å². The van der Waals surface area contributed by atoms with Crippen LogP contribution in [0.1, 0.15) is 22.8 Å². The Morgan fingerprint density at radius 3 is 2.68 bits per heavy atom. The van der Waals surface area contributed by atoms with Crippen molar-refractivity contribution in [1.82, 2.24) is 10.4 Å². The van der Waals surface area contributed by atoms with Gasteiger partial charge in [-0.25, -0.2) is 0 Å². The van der Waals surface area contributed by atoms with E-state index in [0.717, 1.165) is 22.8 Å². The standard InChI is InChI=1S/C19H14ClN3O6S2/c1-2-29-14-8-10(7-13(16(14)24)23(27)28)9-15-18(26)22(19(30)31-15)21-17(25)11-3-5-12(20)6-4-11/h3-9,24H,2H2,1H3,(H,21,25)/b15-9-. The second kappa shape index (κ2) is 9.33. The molecule has 12 heteroatoms. The lowest BCUT2D eigenvalue weighted by Crippen LogP contribution is -2.44. The summed E-state index contributed by atoms with van der Waals surface area (Å²) in [5, 5.41) is 22.6. The molecule has 3 rings (SSSR count). The fourth-order valence-electron chi connectivity index (χ4n) is 2.58. The number of hydrogen-bond donors (Lipinski definition) is 2. The third-order valence-electron chi connectivity index (χ3n) is 3.98. The molecule has 1 heterocycles. The van der Waals surface area contributed by atoms with E-state index in [2.05, 4.69) is 5.43 Å². The normalized spacial score (nSPS) is 14.8. The average Bonchev–Trinajstić information content (AvgIpc) is 2.98. The highest BCUT2D eigenvalue weighted by molar-refractivity contribution is 8.26. The molecule has 0 radical (unpaired) electrons. The molecule has 0 unspecified atom stereocenters. The van der Waals surface area contributed by atoms with E-state index in [1.54, 1.807) is 6.92 Å². The molecule has 1 fully saturated rings. The number of ether oxygens (including phenoxy) is 1. The van der Waals surface area contributed by atoms with Crippen molar-refractivity contribution in [2.24, 2.45) is 0 Å². The van der Waals surface area contributed by atoms with Gasteiger partial charge in [0.1, 0.15) is 0 Å². The molecule has 2 amide bonds. The maximum Gasteiger partial charge on any atom is 0.315 e. The fourth-order valence-corrected chi connectivity index (χ4v) is 3.89. The minimum absolute atomic E-state index is 0.0804. The molecular formula is C19H14ClN3O6S2. The van der Waals surface area contributed by atoms with Crippen molar-refractivity contribution in [1.29, 1.82) is 0 Å². The van der Waals surface area contributed by atoms with Crippen LogP contribution in [-0.2, 0) is 4.79 Å². The zero-order chi connectivity index (χ0) is 22.7. The second-order valence-electron chi connectivity index (χ2n) is 6.04. The summed E-state index contributed by atoms with van der Waals surface area (Å²) in [6.07, 6.45) is 1.36. The Kier molecular flexibility index (Phi) is 6.78. The van der Waals surface area contributed by atoms with Crippen LogP contribution in [0.2, 0.25) is 5.02 Å². The highest BCUT2D eigenvalue weighted by Crippen LogP contribution is 2.39. The molecule has 0 saturated carbocycles. The monoisotopic (exact) mass is 479 g/mol.